The Morgan fingerprint density at radius 3 is 3.00 bits per heavy atom. The van der Waals surface area contributed by atoms with Gasteiger partial charge in [-0.15, -0.1) is 0 Å². The van der Waals surface area contributed by atoms with Gasteiger partial charge in [-0.25, -0.2) is 0 Å². The highest BCUT2D eigenvalue weighted by Crippen LogP contribution is 2.19. The van der Waals surface area contributed by atoms with E-state index in [2.05, 4.69) is 0 Å². The first kappa shape index (κ1) is 8.53. The van der Waals surface area contributed by atoms with E-state index < -0.39 is 0 Å². The lowest BCUT2D eigenvalue weighted by Crippen LogP contribution is -2.36. The van der Waals surface area contributed by atoms with Gasteiger partial charge in [0.15, 0.2) is 0 Å². The molecule has 2 N–H and O–H groups in total. The summed E-state index contributed by atoms with van der Waals surface area (Å²) in [5, 5.41) is 0. The summed E-state index contributed by atoms with van der Waals surface area (Å²) >= 11 is 0. The Labute approximate surface area is 67.5 Å². The quantitative estimate of drug-likeness (QED) is 0.621. The Kier molecular flexibility index (Phi) is 2.88. The van der Waals surface area contributed by atoms with E-state index in [-0.39, 0.29) is 5.91 Å². The van der Waals surface area contributed by atoms with Crippen LogP contribution in [0.5, 0.6) is 0 Å². The predicted octanol–water partition coefficient (Wildman–Crippen LogP) is 0.204. The molecule has 1 atom stereocenters. The van der Waals surface area contributed by atoms with Crippen LogP contribution in [0.25, 0.3) is 0 Å². The molecule has 1 heterocycles. The van der Waals surface area contributed by atoms with Crippen molar-refractivity contribution in [3.05, 3.63) is 0 Å². The van der Waals surface area contributed by atoms with Gasteiger partial charge in [-0.3, -0.25) is 4.79 Å². The van der Waals surface area contributed by atoms with Crippen molar-refractivity contribution in [2.45, 2.75) is 19.3 Å². The number of likely N-dealkylation sites (tertiary alicyclic amines) is 1. The van der Waals surface area contributed by atoms with E-state index in [9.17, 15) is 4.79 Å². The lowest BCUT2D eigenvalue weighted by Gasteiger charge is -2.28. The molecular formula is C8H16N2O. The van der Waals surface area contributed by atoms with Crippen molar-refractivity contribution in [3.63, 3.8) is 0 Å². The third-order valence-corrected chi connectivity index (χ3v) is 2.34. The highest BCUT2D eigenvalue weighted by molar-refractivity contribution is 5.76. The maximum atomic E-state index is 11.2. The van der Waals surface area contributed by atoms with Crippen molar-refractivity contribution in [3.8, 4) is 0 Å². The molecule has 1 aliphatic heterocycles. The third-order valence-electron chi connectivity index (χ3n) is 2.34. The smallest absolute Gasteiger partial charge is 0.222 e. The summed E-state index contributed by atoms with van der Waals surface area (Å²) in [6.07, 6.45) is 2.83. The first-order valence-electron chi connectivity index (χ1n) is 4.18. The second-order valence-corrected chi connectivity index (χ2v) is 3.25. The largest absolute Gasteiger partial charge is 0.346 e. The number of carbonyl (C=O) groups excluding carboxylic acids is 1. The number of hydrogen-bond acceptors (Lipinski definition) is 2. The highest BCUT2D eigenvalue weighted by Gasteiger charge is 2.21. The van der Waals surface area contributed by atoms with E-state index in [1.165, 1.54) is 0 Å². The zero-order valence-corrected chi connectivity index (χ0v) is 7.05. The van der Waals surface area contributed by atoms with Gasteiger partial charge in [0, 0.05) is 20.0 Å². The van der Waals surface area contributed by atoms with Gasteiger partial charge in [0.1, 0.15) is 0 Å². The van der Waals surface area contributed by atoms with Crippen LogP contribution in [0.15, 0.2) is 0 Å². The Hall–Kier alpha value is -0.570. The van der Waals surface area contributed by atoms with Crippen molar-refractivity contribution < 1.29 is 4.79 Å². The van der Waals surface area contributed by atoms with E-state index in [0.717, 1.165) is 19.4 Å². The SMILES string of the molecule is CN1CCC(CCN)CC1=O. The first-order valence-corrected chi connectivity index (χ1v) is 4.18. The summed E-state index contributed by atoms with van der Waals surface area (Å²) in [6, 6.07) is 0. The summed E-state index contributed by atoms with van der Waals surface area (Å²) < 4.78 is 0. The Bertz CT molecular complexity index is 147. The van der Waals surface area contributed by atoms with Gasteiger partial charge in [0.2, 0.25) is 5.91 Å². The normalized spacial score (nSPS) is 25.8. The number of amides is 1. The van der Waals surface area contributed by atoms with Crippen molar-refractivity contribution in [2.24, 2.45) is 11.7 Å². The van der Waals surface area contributed by atoms with Gasteiger partial charge < -0.3 is 10.6 Å². The van der Waals surface area contributed by atoms with E-state index in [1.54, 1.807) is 4.90 Å². The molecule has 1 unspecified atom stereocenters. The Balaban J connectivity index is 2.34. The van der Waals surface area contributed by atoms with Crippen molar-refractivity contribution >= 4 is 5.91 Å². The molecule has 0 spiro atoms. The minimum atomic E-state index is 0.273. The van der Waals surface area contributed by atoms with Crippen LogP contribution >= 0.6 is 0 Å². The molecule has 0 bridgehead atoms. The third kappa shape index (κ3) is 2.19. The Morgan fingerprint density at radius 2 is 2.45 bits per heavy atom. The zero-order chi connectivity index (χ0) is 8.27. The summed E-state index contributed by atoms with van der Waals surface area (Å²) in [4.78, 5) is 13.0. The molecule has 1 rings (SSSR count). The maximum absolute atomic E-state index is 11.2. The van der Waals surface area contributed by atoms with Gasteiger partial charge in [-0.05, 0) is 25.3 Å². The van der Waals surface area contributed by atoms with E-state index in [1.807, 2.05) is 7.05 Å². The molecule has 1 amide bonds. The van der Waals surface area contributed by atoms with Crippen LogP contribution in [0.2, 0.25) is 0 Å². The fourth-order valence-electron chi connectivity index (χ4n) is 1.49. The van der Waals surface area contributed by atoms with Crippen LogP contribution in [-0.2, 0) is 4.79 Å². The standard InChI is InChI=1S/C8H16N2O/c1-10-5-3-7(2-4-9)6-8(10)11/h7H,2-6,9H2,1H3. The molecule has 64 valence electrons. The molecule has 0 radical (unpaired) electrons. The topological polar surface area (TPSA) is 46.3 Å². The van der Waals surface area contributed by atoms with Crippen molar-refractivity contribution in [2.75, 3.05) is 20.1 Å². The first-order chi connectivity index (χ1) is 5.24. The number of nitrogens with zero attached hydrogens (tertiary/aromatic N) is 1. The maximum Gasteiger partial charge on any atom is 0.222 e. The average Bonchev–Trinajstić information content (AvgIpc) is 1.98. The molecule has 0 saturated carbocycles. The van der Waals surface area contributed by atoms with Crippen LogP contribution in [0.4, 0.5) is 0 Å². The summed E-state index contributed by atoms with van der Waals surface area (Å²) in [7, 11) is 1.86. The zero-order valence-electron chi connectivity index (χ0n) is 7.05. The lowest BCUT2D eigenvalue weighted by molar-refractivity contribution is -0.133. The fourth-order valence-corrected chi connectivity index (χ4v) is 1.49. The second-order valence-electron chi connectivity index (χ2n) is 3.25. The van der Waals surface area contributed by atoms with Crippen LogP contribution in [0, 0.1) is 5.92 Å². The molecule has 1 saturated heterocycles. The van der Waals surface area contributed by atoms with Crippen LogP contribution in [0.3, 0.4) is 0 Å². The highest BCUT2D eigenvalue weighted by atomic mass is 16.2. The number of rotatable bonds is 2. The summed E-state index contributed by atoms with van der Waals surface area (Å²) in [6.45, 7) is 1.62. The minimum absolute atomic E-state index is 0.273. The Morgan fingerprint density at radius 1 is 1.73 bits per heavy atom. The van der Waals surface area contributed by atoms with Gasteiger partial charge in [-0.2, -0.15) is 0 Å². The molecule has 0 aromatic heterocycles. The van der Waals surface area contributed by atoms with Crippen LogP contribution in [0.1, 0.15) is 19.3 Å². The molecule has 3 nitrogen and oxygen atoms in total. The van der Waals surface area contributed by atoms with Gasteiger partial charge in [0.25, 0.3) is 0 Å². The van der Waals surface area contributed by atoms with Crippen molar-refractivity contribution in [1.82, 2.24) is 4.90 Å². The molecule has 3 heteroatoms. The van der Waals surface area contributed by atoms with E-state index in [4.69, 9.17) is 5.73 Å². The summed E-state index contributed by atoms with van der Waals surface area (Å²) in [5.41, 5.74) is 5.41. The molecule has 0 aliphatic carbocycles. The van der Waals surface area contributed by atoms with Crippen LogP contribution < -0.4 is 5.73 Å². The number of nitrogens with two attached hydrogens (primary N) is 1. The predicted molar refractivity (Wildman–Crippen MR) is 44.0 cm³/mol. The van der Waals surface area contributed by atoms with Gasteiger partial charge >= 0.3 is 0 Å². The summed E-state index contributed by atoms with van der Waals surface area (Å²) in [5.74, 6) is 0.818. The van der Waals surface area contributed by atoms with Gasteiger partial charge in [0.05, 0.1) is 0 Å². The lowest BCUT2D eigenvalue weighted by atomic mass is 9.93. The molecule has 11 heavy (non-hydrogen) atoms. The fraction of sp³-hybridized carbons (Fsp3) is 0.875. The molecule has 0 aromatic carbocycles. The monoisotopic (exact) mass is 156 g/mol. The number of hydrogen-bond donors (Lipinski definition) is 1. The molecule has 0 aromatic rings. The molecular weight excluding hydrogens is 140 g/mol. The number of carbonyl (C=O) groups is 1. The van der Waals surface area contributed by atoms with E-state index in [0.29, 0.717) is 18.9 Å². The van der Waals surface area contributed by atoms with Gasteiger partial charge in [-0.1, -0.05) is 0 Å². The molecule has 1 aliphatic rings. The van der Waals surface area contributed by atoms with Crippen LogP contribution in [-0.4, -0.2) is 30.9 Å². The molecule has 1 fully saturated rings. The average molecular weight is 156 g/mol. The number of piperidine rings is 1. The minimum Gasteiger partial charge on any atom is -0.346 e. The second kappa shape index (κ2) is 3.72. The van der Waals surface area contributed by atoms with Crippen molar-refractivity contribution in [1.29, 1.82) is 0 Å². The van der Waals surface area contributed by atoms with E-state index >= 15 is 0 Å².